The summed E-state index contributed by atoms with van der Waals surface area (Å²) in [6, 6.07) is 44.8. The van der Waals surface area contributed by atoms with E-state index in [2.05, 4.69) is 95.6 Å². The normalized spacial score (nSPS) is 16.9. The third kappa shape index (κ3) is 9.41. The predicted octanol–water partition coefficient (Wildman–Crippen LogP) is 15.9. The number of nitrogens with zero attached hydrogens (tertiary/aromatic N) is 3. The lowest BCUT2D eigenvalue weighted by Crippen LogP contribution is -2.37. The minimum atomic E-state index is -3.95. The Kier molecular flexibility index (Phi) is 13.8. The minimum absolute atomic E-state index is 0.436. The van der Waals surface area contributed by atoms with Crippen LogP contribution in [0.25, 0.3) is 0 Å². The van der Waals surface area contributed by atoms with E-state index in [1.807, 2.05) is 146 Å². The summed E-state index contributed by atoms with van der Waals surface area (Å²) in [4.78, 5) is 13.7. The highest BCUT2D eigenvalue weighted by Crippen LogP contribution is 2.78. The predicted molar refractivity (Wildman–Crippen MR) is 235 cm³/mol. The van der Waals surface area contributed by atoms with Crippen LogP contribution < -0.4 is 27.8 Å². The molecule has 0 spiro atoms. The summed E-state index contributed by atoms with van der Waals surface area (Å²) in [5, 5.41) is 0. The van der Waals surface area contributed by atoms with Gasteiger partial charge in [0.2, 0.25) is 0 Å². The first kappa shape index (κ1) is 40.2. The molecule has 18 heteroatoms. The molecular formula is C36H24Br6N3O6P3. The molecule has 1 heterocycles. The van der Waals surface area contributed by atoms with Gasteiger partial charge in [0.15, 0.2) is 11.5 Å². The van der Waals surface area contributed by atoms with Gasteiger partial charge in [-0.05, 0) is 168 Å². The summed E-state index contributed by atoms with van der Waals surface area (Å²) >= 11 is 22.0. The maximum atomic E-state index is 7.07. The van der Waals surface area contributed by atoms with Gasteiger partial charge in [-0.2, -0.15) is 0 Å². The Morgan fingerprint density at radius 3 is 1.15 bits per heavy atom. The molecule has 0 N–H and O–H groups in total. The lowest BCUT2D eigenvalue weighted by atomic mass is 10.3. The van der Waals surface area contributed by atoms with Gasteiger partial charge in [-0.15, -0.1) is 4.52 Å². The lowest BCUT2D eigenvalue weighted by molar-refractivity contribution is 0.0534. The summed E-state index contributed by atoms with van der Waals surface area (Å²) in [5.74, 6) is 2.78. The zero-order valence-electron chi connectivity index (χ0n) is 27.3. The third-order valence-corrected chi connectivity index (χ3v) is 17.7. The summed E-state index contributed by atoms with van der Waals surface area (Å²) in [6.45, 7) is 0. The van der Waals surface area contributed by atoms with Crippen LogP contribution >= 0.6 is 120 Å². The molecule has 2 unspecified atom stereocenters. The lowest BCUT2D eigenvalue weighted by Gasteiger charge is -2.44. The SMILES string of the molecule is Brc1ccccc1ON1P(Oc2ccccc2Br)N=P(Oc2ccccc2Br)(Oc2ccccc2Br)N(Oc2ccccc2Br)P1Oc1ccccc1Br. The highest BCUT2D eigenvalue weighted by Gasteiger charge is 2.58. The second-order valence-electron chi connectivity index (χ2n) is 10.7. The number of para-hydroxylation sites is 6. The smallest absolute Gasteiger partial charge is 0.439 e. The van der Waals surface area contributed by atoms with Crippen LogP contribution in [0, 0.1) is 0 Å². The Morgan fingerprint density at radius 1 is 0.407 bits per heavy atom. The average Bonchev–Trinajstić information content (AvgIpc) is 3.16. The molecule has 1 aliphatic heterocycles. The van der Waals surface area contributed by atoms with Crippen molar-refractivity contribution in [2.75, 3.05) is 0 Å². The summed E-state index contributed by atoms with van der Waals surface area (Å²) < 4.78 is 40.6. The van der Waals surface area contributed by atoms with Gasteiger partial charge in [-0.3, -0.25) is 0 Å². The van der Waals surface area contributed by atoms with Gasteiger partial charge in [0.1, 0.15) is 23.0 Å². The Labute approximate surface area is 365 Å². The molecule has 6 aromatic carbocycles. The van der Waals surface area contributed by atoms with Gasteiger partial charge >= 0.3 is 24.6 Å². The van der Waals surface area contributed by atoms with E-state index in [0.29, 0.717) is 61.3 Å². The van der Waals surface area contributed by atoms with E-state index in [0.717, 1.165) is 0 Å². The molecule has 7 rings (SSSR count). The van der Waals surface area contributed by atoms with Crippen LogP contribution in [0.4, 0.5) is 0 Å². The van der Waals surface area contributed by atoms with Gasteiger partial charge in [-0.25, -0.2) is 0 Å². The fourth-order valence-electron chi connectivity index (χ4n) is 4.52. The van der Waals surface area contributed by atoms with Crippen molar-refractivity contribution in [3.05, 3.63) is 172 Å². The van der Waals surface area contributed by atoms with Crippen molar-refractivity contribution in [3.8, 4) is 34.5 Å². The zero-order chi connectivity index (χ0) is 37.7. The first-order valence-electron chi connectivity index (χ1n) is 15.6. The first-order valence-corrected chi connectivity index (χ1v) is 24.2. The standard InChI is InChI=1S/C36H24Br6N3O6P3/c37-25-13-1-7-19-31(25)46-44-52(48-33-21-9-3-15-27(33)39)43-54(50-35-23-11-5-17-29(35)41,51-36-24-12-6-18-30(36)42)45(47-32-20-8-2-14-26(32)38)53(44)49-34-22-10-4-16-28(34)40/h1-24H. The van der Waals surface area contributed by atoms with Crippen molar-refractivity contribution >= 4 is 120 Å². The van der Waals surface area contributed by atoms with Crippen LogP contribution in [0.2, 0.25) is 0 Å². The molecule has 6 aromatic rings. The van der Waals surface area contributed by atoms with Crippen molar-refractivity contribution in [1.29, 1.82) is 0 Å². The third-order valence-electron chi connectivity index (χ3n) is 7.02. The van der Waals surface area contributed by atoms with Crippen LogP contribution in [0.3, 0.4) is 0 Å². The molecule has 0 radical (unpaired) electrons. The minimum Gasteiger partial charge on any atom is -0.439 e. The van der Waals surface area contributed by atoms with Gasteiger partial charge in [0.25, 0.3) is 0 Å². The number of rotatable bonds is 12. The Hall–Kier alpha value is -1.99. The van der Waals surface area contributed by atoms with E-state index in [4.69, 9.17) is 32.3 Å². The van der Waals surface area contributed by atoms with Gasteiger partial charge in [-0.1, -0.05) is 72.8 Å². The summed E-state index contributed by atoms with van der Waals surface area (Å²) in [6.07, 6.45) is 0. The highest BCUT2D eigenvalue weighted by molar-refractivity contribution is 9.11. The second kappa shape index (κ2) is 18.5. The van der Waals surface area contributed by atoms with Crippen LogP contribution in [0.15, 0.2) is 177 Å². The van der Waals surface area contributed by atoms with Crippen molar-refractivity contribution in [2.45, 2.75) is 0 Å². The highest BCUT2D eigenvalue weighted by atomic mass is 79.9. The largest absolute Gasteiger partial charge is 0.447 e. The molecule has 276 valence electrons. The van der Waals surface area contributed by atoms with E-state index in [1.54, 1.807) is 4.60 Å². The summed E-state index contributed by atoms with van der Waals surface area (Å²) in [7, 11) is -8.46. The van der Waals surface area contributed by atoms with Crippen molar-refractivity contribution in [1.82, 2.24) is 9.21 Å². The van der Waals surface area contributed by atoms with E-state index in [-0.39, 0.29) is 0 Å². The van der Waals surface area contributed by atoms with E-state index in [9.17, 15) is 0 Å². The fraction of sp³-hybridized carbons (Fsp3) is 0. The van der Waals surface area contributed by atoms with Crippen LogP contribution in [-0.2, 0) is 0 Å². The van der Waals surface area contributed by atoms with Crippen LogP contribution in [0.1, 0.15) is 0 Å². The average molecular weight is 1170 g/mol. The Morgan fingerprint density at radius 2 is 0.741 bits per heavy atom. The maximum absolute atomic E-state index is 7.07. The second-order valence-corrected chi connectivity index (χ2v) is 21.4. The van der Waals surface area contributed by atoms with Crippen LogP contribution in [-0.4, -0.2) is 9.21 Å². The molecule has 0 aromatic heterocycles. The monoisotopic (exact) mass is 1160 g/mol. The molecule has 0 amide bonds. The molecule has 54 heavy (non-hydrogen) atoms. The molecule has 1 aliphatic rings. The van der Waals surface area contributed by atoms with Crippen molar-refractivity contribution in [2.24, 2.45) is 4.52 Å². The van der Waals surface area contributed by atoms with Crippen LogP contribution in [0.5, 0.6) is 34.5 Å². The number of hydrogen-bond acceptors (Lipinski definition) is 9. The molecule has 0 fully saturated rings. The summed E-state index contributed by atoms with van der Waals surface area (Å²) in [5.41, 5.74) is 0. The molecule has 0 saturated carbocycles. The van der Waals surface area contributed by atoms with E-state index < -0.39 is 24.6 Å². The number of hydrogen-bond donors (Lipinski definition) is 0. The molecule has 0 bridgehead atoms. The number of halogens is 6. The molecule has 0 saturated heterocycles. The molecule has 9 nitrogen and oxygen atoms in total. The number of benzene rings is 6. The zero-order valence-corrected chi connectivity index (χ0v) is 39.5. The van der Waals surface area contributed by atoms with E-state index in [1.165, 1.54) is 4.60 Å². The Bertz CT molecular complexity index is 2280. The first-order chi connectivity index (χ1) is 26.2. The molecular weight excluding hydrogens is 1140 g/mol. The fourth-order valence-corrected chi connectivity index (χ4v) is 14.8. The van der Waals surface area contributed by atoms with Gasteiger partial charge in [0.05, 0.1) is 26.8 Å². The quantitative estimate of drug-likeness (QED) is 0.112. The topological polar surface area (TPSA) is 74.2 Å². The van der Waals surface area contributed by atoms with E-state index >= 15 is 0 Å². The molecule has 0 aliphatic carbocycles. The Balaban J connectivity index is 1.54. The maximum Gasteiger partial charge on any atom is 0.447 e. The van der Waals surface area contributed by atoms with Crippen molar-refractivity contribution < 1.29 is 27.8 Å². The van der Waals surface area contributed by atoms with Gasteiger partial charge < -0.3 is 27.8 Å². The molecule has 2 atom stereocenters. The van der Waals surface area contributed by atoms with Crippen molar-refractivity contribution in [3.63, 3.8) is 0 Å². The van der Waals surface area contributed by atoms with Gasteiger partial charge in [0, 0.05) is 9.21 Å².